The van der Waals surface area contributed by atoms with E-state index in [2.05, 4.69) is 16.0 Å². The third-order valence-corrected chi connectivity index (χ3v) is 2.62. The number of carbonyl (C=O) groups excluding carboxylic acids is 2. The van der Waals surface area contributed by atoms with E-state index in [1.165, 1.54) is 0 Å². The predicted octanol–water partition coefficient (Wildman–Crippen LogP) is 1.18. The van der Waals surface area contributed by atoms with E-state index in [0.29, 0.717) is 12.2 Å². The zero-order chi connectivity index (χ0) is 15.1. The van der Waals surface area contributed by atoms with Crippen molar-refractivity contribution in [1.29, 1.82) is 0 Å². The molecular weight excluding hydrogens is 256 g/mol. The molecule has 0 bridgehead atoms. The fourth-order valence-corrected chi connectivity index (χ4v) is 1.56. The molecule has 0 saturated heterocycles. The van der Waals surface area contributed by atoms with Crippen molar-refractivity contribution >= 4 is 17.6 Å². The van der Waals surface area contributed by atoms with E-state index < -0.39 is 12.1 Å². The van der Waals surface area contributed by atoms with Gasteiger partial charge >= 0.3 is 6.03 Å². The maximum Gasteiger partial charge on any atom is 0.319 e. The summed E-state index contributed by atoms with van der Waals surface area (Å²) in [5, 5.41) is 7.97. The van der Waals surface area contributed by atoms with Gasteiger partial charge in [0.1, 0.15) is 6.04 Å². The predicted molar refractivity (Wildman–Crippen MR) is 79.2 cm³/mol. The number of hydrogen-bond acceptors (Lipinski definition) is 3. The molecule has 1 rings (SSSR count). The summed E-state index contributed by atoms with van der Waals surface area (Å²) in [5.74, 6) is -0.214. The molecule has 0 saturated carbocycles. The third-order valence-electron chi connectivity index (χ3n) is 2.62. The van der Waals surface area contributed by atoms with Crippen LogP contribution in [0.4, 0.5) is 10.5 Å². The fourth-order valence-electron chi connectivity index (χ4n) is 1.56. The molecular formula is C14H22N4O2. The smallest absolute Gasteiger partial charge is 0.319 e. The van der Waals surface area contributed by atoms with Gasteiger partial charge in [0.2, 0.25) is 5.91 Å². The van der Waals surface area contributed by atoms with Crippen molar-refractivity contribution in [3.05, 3.63) is 29.8 Å². The van der Waals surface area contributed by atoms with Crippen molar-refractivity contribution in [3.8, 4) is 0 Å². The van der Waals surface area contributed by atoms with Gasteiger partial charge in [0.05, 0.1) is 0 Å². The first-order chi connectivity index (χ1) is 9.42. The van der Waals surface area contributed by atoms with Crippen molar-refractivity contribution in [3.63, 3.8) is 0 Å². The number of nitrogens with one attached hydrogen (secondary N) is 3. The Labute approximate surface area is 119 Å². The van der Waals surface area contributed by atoms with Crippen LogP contribution >= 0.6 is 0 Å². The van der Waals surface area contributed by atoms with Crippen LogP contribution in [0.1, 0.15) is 26.3 Å². The molecule has 110 valence electrons. The average molecular weight is 278 g/mol. The van der Waals surface area contributed by atoms with E-state index in [1.807, 2.05) is 26.0 Å². The molecule has 6 heteroatoms. The van der Waals surface area contributed by atoms with Crippen molar-refractivity contribution in [1.82, 2.24) is 10.6 Å². The Kier molecular flexibility index (Phi) is 5.99. The Bertz CT molecular complexity index is 457. The monoisotopic (exact) mass is 278 g/mol. The van der Waals surface area contributed by atoms with Crippen LogP contribution in [0, 0.1) is 0 Å². The van der Waals surface area contributed by atoms with Gasteiger partial charge < -0.3 is 21.7 Å². The van der Waals surface area contributed by atoms with Gasteiger partial charge in [-0.2, -0.15) is 0 Å². The molecule has 0 radical (unpaired) electrons. The normalized spacial score (nSPS) is 11.8. The fraction of sp³-hybridized carbons (Fsp3) is 0.429. The van der Waals surface area contributed by atoms with E-state index >= 15 is 0 Å². The zero-order valence-corrected chi connectivity index (χ0v) is 12.1. The molecule has 0 spiro atoms. The number of carbonyl (C=O) groups is 2. The van der Waals surface area contributed by atoms with Gasteiger partial charge in [0.25, 0.3) is 0 Å². The number of nitrogens with two attached hydrogens (primary N) is 1. The zero-order valence-electron chi connectivity index (χ0n) is 12.1. The van der Waals surface area contributed by atoms with Crippen molar-refractivity contribution < 1.29 is 9.59 Å². The van der Waals surface area contributed by atoms with E-state index in [0.717, 1.165) is 5.56 Å². The number of benzene rings is 1. The second-order valence-electron chi connectivity index (χ2n) is 4.88. The molecule has 0 aromatic heterocycles. The Morgan fingerprint density at radius 1 is 1.10 bits per heavy atom. The van der Waals surface area contributed by atoms with Crippen LogP contribution in [-0.2, 0) is 11.3 Å². The molecule has 1 unspecified atom stereocenters. The van der Waals surface area contributed by atoms with E-state index in [4.69, 9.17) is 5.73 Å². The molecule has 1 aromatic rings. The number of rotatable bonds is 5. The Morgan fingerprint density at radius 2 is 1.70 bits per heavy atom. The summed E-state index contributed by atoms with van der Waals surface area (Å²) in [4.78, 5) is 23.4. The standard InChI is InChI=1S/C14H22N4O2/c1-9(2)16-13(19)10(3)17-14(20)18-12-6-4-11(8-15)5-7-12/h4-7,9-10H,8,15H2,1-3H3,(H,16,19)(H2,17,18,20). The Hall–Kier alpha value is -2.08. The van der Waals surface area contributed by atoms with Crippen LogP contribution in [0.25, 0.3) is 0 Å². The first-order valence-corrected chi connectivity index (χ1v) is 6.59. The van der Waals surface area contributed by atoms with Gasteiger partial charge in [-0.05, 0) is 38.5 Å². The minimum atomic E-state index is -0.597. The van der Waals surface area contributed by atoms with E-state index in [9.17, 15) is 9.59 Å². The highest BCUT2D eigenvalue weighted by atomic mass is 16.2. The first-order valence-electron chi connectivity index (χ1n) is 6.59. The molecule has 0 fully saturated rings. The van der Waals surface area contributed by atoms with Gasteiger partial charge in [0, 0.05) is 18.3 Å². The highest BCUT2D eigenvalue weighted by Crippen LogP contribution is 2.08. The summed E-state index contributed by atoms with van der Waals surface area (Å²) in [6.45, 7) is 5.82. The average Bonchev–Trinajstić information content (AvgIpc) is 2.38. The lowest BCUT2D eigenvalue weighted by Gasteiger charge is -2.16. The summed E-state index contributed by atoms with van der Waals surface area (Å²) in [7, 11) is 0. The van der Waals surface area contributed by atoms with E-state index in [-0.39, 0.29) is 11.9 Å². The summed E-state index contributed by atoms with van der Waals surface area (Å²) >= 11 is 0. The number of amides is 3. The van der Waals surface area contributed by atoms with Gasteiger partial charge in [-0.25, -0.2) is 4.79 Å². The second-order valence-corrected chi connectivity index (χ2v) is 4.88. The summed E-state index contributed by atoms with van der Waals surface area (Å²) in [6, 6.07) is 6.23. The maximum atomic E-state index is 11.7. The molecule has 5 N–H and O–H groups in total. The first kappa shape index (κ1) is 16.0. The molecule has 0 aliphatic carbocycles. The maximum absolute atomic E-state index is 11.7. The molecule has 6 nitrogen and oxygen atoms in total. The van der Waals surface area contributed by atoms with Gasteiger partial charge in [-0.15, -0.1) is 0 Å². The lowest BCUT2D eigenvalue weighted by molar-refractivity contribution is -0.123. The molecule has 0 aliphatic heterocycles. The summed E-state index contributed by atoms with van der Waals surface area (Å²) < 4.78 is 0. The van der Waals surface area contributed by atoms with Crippen LogP contribution in [0.3, 0.4) is 0 Å². The Morgan fingerprint density at radius 3 is 2.20 bits per heavy atom. The lowest BCUT2D eigenvalue weighted by atomic mass is 10.2. The molecule has 1 aromatic carbocycles. The number of urea groups is 1. The SMILES string of the molecule is CC(C)NC(=O)C(C)NC(=O)Nc1ccc(CN)cc1. The summed E-state index contributed by atoms with van der Waals surface area (Å²) in [5.41, 5.74) is 7.13. The highest BCUT2D eigenvalue weighted by molar-refractivity contribution is 5.93. The molecule has 20 heavy (non-hydrogen) atoms. The molecule has 0 aliphatic rings. The van der Waals surface area contributed by atoms with Gasteiger partial charge in [-0.1, -0.05) is 12.1 Å². The minimum absolute atomic E-state index is 0.0404. The van der Waals surface area contributed by atoms with Crippen LogP contribution in [0.15, 0.2) is 24.3 Å². The molecule has 0 heterocycles. The van der Waals surface area contributed by atoms with Crippen molar-refractivity contribution in [2.45, 2.75) is 39.4 Å². The number of anilines is 1. The van der Waals surface area contributed by atoms with Crippen molar-refractivity contribution in [2.75, 3.05) is 5.32 Å². The van der Waals surface area contributed by atoms with Crippen LogP contribution in [0.2, 0.25) is 0 Å². The number of hydrogen-bond donors (Lipinski definition) is 4. The highest BCUT2D eigenvalue weighted by Gasteiger charge is 2.15. The van der Waals surface area contributed by atoms with Crippen molar-refractivity contribution in [2.24, 2.45) is 5.73 Å². The quantitative estimate of drug-likeness (QED) is 0.651. The van der Waals surface area contributed by atoms with Crippen LogP contribution < -0.4 is 21.7 Å². The van der Waals surface area contributed by atoms with Crippen LogP contribution in [-0.4, -0.2) is 24.0 Å². The van der Waals surface area contributed by atoms with E-state index in [1.54, 1.807) is 19.1 Å². The largest absolute Gasteiger partial charge is 0.352 e. The summed E-state index contributed by atoms with van der Waals surface area (Å²) in [6.07, 6.45) is 0. The van der Waals surface area contributed by atoms with Gasteiger partial charge in [0.15, 0.2) is 0 Å². The topological polar surface area (TPSA) is 96.2 Å². The molecule has 1 atom stereocenters. The second kappa shape index (κ2) is 7.49. The minimum Gasteiger partial charge on any atom is -0.352 e. The van der Waals surface area contributed by atoms with Gasteiger partial charge in [-0.3, -0.25) is 4.79 Å². The third kappa shape index (κ3) is 5.27. The molecule has 3 amide bonds. The Balaban J connectivity index is 2.48. The van der Waals surface area contributed by atoms with Crippen LogP contribution in [0.5, 0.6) is 0 Å². The lowest BCUT2D eigenvalue weighted by Crippen LogP contribution is -2.48.